The first-order valence-corrected chi connectivity index (χ1v) is 7.76. The lowest BCUT2D eigenvalue weighted by Crippen LogP contribution is -2.31. The smallest absolute Gasteiger partial charge is 0.469 e. The molecule has 1 aliphatic carbocycles. The van der Waals surface area contributed by atoms with Crippen LogP contribution in [0.3, 0.4) is 0 Å². The maximum Gasteiger partial charge on any atom is 0.469 e. The lowest BCUT2D eigenvalue weighted by atomic mass is 10.1. The zero-order chi connectivity index (χ0) is 16.7. The molecule has 1 heterocycles. The zero-order valence-corrected chi connectivity index (χ0v) is 12.1. The number of nitrogens with zero attached hydrogens (tertiary/aromatic N) is 2. The van der Waals surface area contributed by atoms with Crippen molar-refractivity contribution in [1.29, 1.82) is 0 Å². The third-order valence-electron chi connectivity index (χ3n) is 3.62. The molecule has 0 radical (unpaired) electrons. The number of aliphatic hydroxyl groups excluding tert-OH is 2. The van der Waals surface area contributed by atoms with E-state index in [9.17, 15) is 19.6 Å². The number of phosphoric acid groups is 1. The topological polar surface area (TPSA) is 188 Å². The van der Waals surface area contributed by atoms with Gasteiger partial charge in [0, 0.05) is 5.92 Å². The number of rotatable bonds is 5. The molecule has 1 aromatic rings. The van der Waals surface area contributed by atoms with Crippen molar-refractivity contribution in [3.05, 3.63) is 12.0 Å². The quantitative estimate of drug-likeness (QED) is 0.347. The van der Waals surface area contributed by atoms with Gasteiger partial charge in [-0.1, -0.05) is 0 Å². The minimum atomic E-state index is -4.69. The first-order valence-electron chi connectivity index (χ1n) is 6.23. The van der Waals surface area contributed by atoms with Crippen LogP contribution in [0, 0.1) is 5.92 Å². The number of carboxylic acid groups (broad SMARTS) is 1. The van der Waals surface area contributed by atoms with Crippen molar-refractivity contribution in [2.45, 2.75) is 24.7 Å². The summed E-state index contributed by atoms with van der Waals surface area (Å²) in [6.07, 6.45) is -1.39. The largest absolute Gasteiger partial charge is 0.476 e. The van der Waals surface area contributed by atoms with Crippen LogP contribution in [0.25, 0.3) is 0 Å². The van der Waals surface area contributed by atoms with Crippen LogP contribution in [0.2, 0.25) is 0 Å². The van der Waals surface area contributed by atoms with Crippen molar-refractivity contribution in [1.82, 2.24) is 9.55 Å². The summed E-state index contributed by atoms with van der Waals surface area (Å²) in [6, 6.07) is -0.777. The number of aliphatic hydroxyl groups is 2. The van der Waals surface area contributed by atoms with Gasteiger partial charge in [0.25, 0.3) is 0 Å². The van der Waals surface area contributed by atoms with Gasteiger partial charge in [-0.25, -0.2) is 14.3 Å². The Morgan fingerprint density at radius 1 is 1.45 bits per heavy atom. The number of hydrogen-bond acceptors (Lipinski definition) is 7. The number of aromatic carboxylic acids is 1. The zero-order valence-electron chi connectivity index (χ0n) is 11.2. The molecular weight excluding hydrogens is 321 g/mol. The highest BCUT2D eigenvalue weighted by Gasteiger charge is 2.44. The summed E-state index contributed by atoms with van der Waals surface area (Å²) >= 11 is 0. The molecule has 2 rings (SSSR count). The maximum absolute atomic E-state index is 10.9. The van der Waals surface area contributed by atoms with Crippen LogP contribution < -0.4 is 5.73 Å². The Morgan fingerprint density at radius 2 is 2.09 bits per heavy atom. The van der Waals surface area contributed by atoms with Gasteiger partial charge < -0.3 is 35.4 Å². The van der Waals surface area contributed by atoms with Crippen LogP contribution in [-0.4, -0.2) is 59.4 Å². The first kappa shape index (κ1) is 16.9. The normalized spacial score (nSPS) is 28.9. The highest BCUT2D eigenvalue weighted by Crippen LogP contribution is 2.41. The van der Waals surface area contributed by atoms with Crippen LogP contribution in [0.15, 0.2) is 6.33 Å². The number of aromatic nitrogens is 2. The van der Waals surface area contributed by atoms with Crippen molar-refractivity contribution < 1.29 is 39.0 Å². The third-order valence-corrected chi connectivity index (χ3v) is 4.11. The Labute approximate surface area is 124 Å². The predicted molar refractivity (Wildman–Crippen MR) is 70.8 cm³/mol. The van der Waals surface area contributed by atoms with Crippen LogP contribution in [0.5, 0.6) is 0 Å². The lowest BCUT2D eigenvalue weighted by Gasteiger charge is -2.19. The molecule has 22 heavy (non-hydrogen) atoms. The highest BCUT2D eigenvalue weighted by atomic mass is 31.2. The number of imidazole rings is 1. The minimum absolute atomic E-state index is 0.0853. The Kier molecular flexibility index (Phi) is 4.57. The average molecular weight is 337 g/mol. The van der Waals surface area contributed by atoms with E-state index >= 15 is 0 Å². The van der Waals surface area contributed by atoms with Gasteiger partial charge >= 0.3 is 13.8 Å². The third kappa shape index (κ3) is 3.29. The minimum Gasteiger partial charge on any atom is -0.476 e. The van der Waals surface area contributed by atoms with Crippen LogP contribution >= 0.6 is 7.82 Å². The van der Waals surface area contributed by atoms with Crippen molar-refractivity contribution in [3.63, 3.8) is 0 Å². The Balaban J connectivity index is 2.16. The second-order valence-corrected chi connectivity index (χ2v) is 6.26. The first-order chi connectivity index (χ1) is 10.1. The fourth-order valence-electron chi connectivity index (χ4n) is 2.53. The molecule has 0 amide bonds. The monoisotopic (exact) mass is 337 g/mol. The van der Waals surface area contributed by atoms with E-state index in [2.05, 4.69) is 9.51 Å². The number of carboxylic acids is 1. The summed E-state index contributed by atoms with van der Waals surface area (Å²) in [6.45, 7) is -0.459. The fraction of sp³-hybridized carbons (Fsp3) is 0.600. The number of nitrogen functional groups attached to an aromatic ring is 1. The average Bonchev–Trinajstić information content (AvgIpc) is 2.90. The molecular formula is C10H16N3O8P. The summed E-state index contributed by atoms with van der Waals surface area (Å²) in [5.41, 5.74) is 5.27. The van der Waals surface area contributed by atoms with Crippen LogP contribution in [0.4, 0.5) is 5.82 Å². The van der Waals surface area contributed by atoms with Crippen molar-refractivity contribution in [2.75, 3.05) is 12.3 Å². The molecule has 0 spiro atoms. The molecule has 1 saturated carbocycles. The second kappa shape index (κ2) is 5.95. The summed E-state index contributed by atoms with van der Waals surface area (Å²) in [5, 5.41) is 28.8. The van der Waals surface area contributed by atoms with Crippen molar-refractivity contribution >= 4 is 19.6 Å². The van der Waals surface area contributed by atoms with Gasteiger partial charge in [-0.15, -0.1) is 0 Å². The summed E-state index contributed by atoms with van der Waals surface area (Å²) in [5.74, 6) is -2.26. The molecule has 0 unspecified atom stereocenters. The molecule has 1 fully saturated rings. The van der Waals surface area contributed by atoms with E-state index in [-0.39, 0.29) is 17.9 Å². The van der Waals surface area contributed by atoms with E-state index < -0.39 is 44.6 Å². The van der Waals surface area contributed by atoms with Gasteiger partial charge in [-0.05, 0) is 6.42 Å². The highest BCUT2D eigenvalue weighted by molar-refractivity contribution is 7.46. The van der Waals surface area contributed by atoms with E-state index in [0.29, 0.717) is 0 Å². The fourth-order valence-corrected chi connectivity index (χ4v) is 2.92. The van der Waals surface area contributed by atoms with Crippen LogP contribution in [-0.2, 0) is 9.09 Å². The molecule has 1 aromatic heterocycles. The maximum atomic E-state index is 10.9. The number of carbonyl (C=O) groups is 1. The standard InChI is InChI=1S/C10H16N3O8P/c11-9-6(10(16)17)12-3-13(9)5-1-4(7(14)8(5)15)2-21-22(18,19)20/h3-5,7-8,14-15H,1-2,11H2,(H,16,17)(H2,18,19,20)/t4-,5-,7-,8+/m1/s1. The van der Waals surface area contributed by atoms with E-state index in [4.69, 9.17) is 20.6 Å². The van der Waals surface area contributed by atoms with Crippen LogP contribution in [0.1, 0.15) is 23.0 Å². The van der Waals surface area contributed by atoms with Gasteiger partial charge in [0.1, 0.15) is 11.9 Å². The van der Waals surface area contributed by atoms with Gasteiger partial charge in [0.15, 0.2) is 5.69 Å². The number of nitrogens with two attached hydrogens (primary N) is 1. The molecule has 4 atom stereocenters. The Bertz CT molecular complexity index is 613. The molecule has 0 aliphatic heterocycles. The molecule has 0 bridgehead atoms. The van der Waals surface area contributed by atoms with Gasteiger partial charge in [-0.3, -0.25) is 4.52 Å². The SMILES string of the molecule is Nc1c(C(=O)O)ncn1[C@@H]1C[C@H](COP(=O)(O)O)[C@@H](O)[C@H]1O. The van der Waals surface area contributed by atoms with Gasteiger partial charge in [0.05, 0.1) is 25.1 Å². The Hall–Kier alpha value is -1.49. The summed E-state index contributed by atoms with van der Waals surface area (Å²) in [7, 11) is -4.69. The van der Waals surface area contributed by atoms with Crippen molar-refractivity contribution in [3.8, 4) is 0 Å². The second-order valence-electron chi connectivity index (χ2n) is 5.02. The molecule has 11 nitrogen and oxygen atoms in total. The van der Waals surface area contributed by atoms with E-state index in [1.165, 1.54) is 4.57 Å². The van der Waals surface area contributed by atoms with Gasteiger partial charge in [-0.2, -0.15) is 0 Å². The summed E-state index contributed by atoms with van der Waals surface area (Å²) < 4.78 is 16.2. The lowest BCUT2D eigenvalue weighted by molar-refractivity contribution is -0.00389. The van der Waals surface area contributed by atoms with Gasteiger partial charge in [0.2, 0.25) is 0 Å². The van der Waals surface area contributed by atoms with E-state index in [1.54, 1.807) is 0 Å². The Morgan fingerprint density at radius 3 is 2.59 bits per heavy atom. The molecule has 7 N–H and O–H groups in total. The summed E-state index contributed by atoms with van der Waals surface area (Å²) in [4.78, 5) is 31.8. The van der Waals surface area contributed by atoms with Crippen molar-refractivity contribution in [2.24, 2.45) is 5.92 Å². The molecule has 0 saturated heterocycles. The molecule has 124 valence electrons. The molecule has 0 aromatic carbocycles. The van der Waals surface area contributed by atoms with E-state index in [1.807, 2.05) is 0 Å². The predicted octanol–water partition coefficient (Wildman–Crippen LogP) is -1.44. The number of phosphoric ester groups is 1. The number of anilines is 1. The van der Waals surface area contributed by atoms with E-state index in [0.717, 1.165) is 6.33 Å². The molecule has 12 heteroatoms. The molecule has 1 aliphatic rings. The number of hydrogen-bond donors (Lipinski definition) is 6.